The van der Waals surface area contributed by atoms with Crippen LogP contribution < -0.4 is 15.0 Å². The van der Waals surface area contributed by atoms with Crippen molar-refractivity contribution in [2.75, 3.05) is 36.6 Å². The van der Waals surface area contributed by atoms with Crippen molar-refractivity contribution < 1.29 is 14.3 Å². The lowest BCUT2D eigenvalue weighted by Gasteiger charge is -2.35. The number of morpholine rings is 1. The highest BCUT2D eigenvalue weighted by Crippen LogP contribution is 2.22. The summed E-state index contributed by atoms with van der Waals surface area (Å²) in [4.78, 5) is 14.3. The summed E-state index contributed by atoms with van der Waals surface area (Å²) < 4.78 is 11.0. The van der Waals surface area contributed by atoms with Gasteiger partial charge in [0.1, 0.15) is 5.75 Å². The van der Waals surface area contributed by atoms with E-state index in [-0.39, 0.29) is 12.5 Å². The van der Waals surface area contributed by atoms with Crippen LogP contribution in [0.15, 0.2) is 48.5 Å². The van der Waals surface area contributed by atoms with Crippen LogP contribution in [0.5, 0.6) is 5.75 Å². The Bertz CT molecular complexity index is 698. The lowest BCUT2D eigenvalue weighted by Crippen LogP contribution is -2.43. The maximum absolute atomic E-state index is 12.0. The second-order valence-corrected chi connectivity index (χ2v) is 6.31. The van der Waals surface area contributed by atoms with Crippen molar-refractivity contribution in [2.45, 2.75) is 19.9 Å². The topological polar surface area (TPSA) is 50.8 Å². The van der Waals surface area contributed by atoms with Crippen molar-refractivity contribution in [2.24, 2.45) is 0 Å². The van der Waals surface area contributed by atoms with Gasteiger partial charge in [0.25, 0.3) is 5.91 Å². The van der Waals surface area contributed by atoms with E-state index in [2.05, 4.69) is 17.1 Å². The first-order valence-corrected chi connectivity index (χ1v) is 8.55. The van der Waals surface area contributed by atoms with Crippen LogP contribution >= 0.6 is 0 Å². The number of hydrogen-bond donors (Lipinski definition) is 1. The molecule has 2 aromatic carbocycles. The van der Waals surface area contributed by atoms with Crippen LogP contribution in [0.25, 0.3) is 0 Å². The fourth-order valence-corrected chi connectivity index (χ4v) is 2.83. The van der Waals surface area contributed by atoms with Gasteiger partial charge in [-0.05, 0) is 50.2 Å². The van der Waals surface area contributed by atoms with E-state index >= 15 is 0 Å². The molecule has 1 aliphatic heterocycles. The number of carbonyl (C=O) groups excluding carboxylic acids is 1. The maximum Gasteiger partial charge on any atom is 0.262 e. The van der Waals surface area contributed by atoms with Gasteiger partial charge in [-0.3, -0.25) is 4.79 Å². The predicted octanol–water partition coefficient (Wildman–Crippen LogP) is 3.24. The average Bonchev–Trinajstić information content (AvgIpc) is 2.62. The van der Waals surface area contributed by atoms with Crippen LogP contribution in [0.3, 0.4) is 0 Å². The molecule has 1 saturated heterocycles. The summed E-state index contributed by atoms with van der Waals surface area (Å²) in [5.74, 6) is 0.519. The van der Waals surface area contributed by atoms with Crippen molar-refractivity contribution >= 4 is 17.3 Å². The van der Waals surface area contributed by atoms with Crippen LogP contribution in [0, 0.1) is 6.92 Å². The molecule has 1 heterocycles. The fraction of sp³-hybridized carbons (Fsp3) is 0.350. The van der Waals surface area contributed by atoms with E-state index in [4.69, 9.17) is 9.47 Å². The second-order valence-electron chi connectivity index (χ2n) is 6.31. The number of carbonyl (C=O) groups is 1. The first kappa shape index (κ1) is 17.3. The summed E-state index contributed by atoms with van der Waals surface area (Å²) in [5, 5.41) is 2.86. The van der Waals surface area contributed by atoms with Gasteiger partial charge in [-0.1, -0.05) is 17.7 Å². The molecule has 2 aromatic rings. The summed E-state index contributed by atoms with van der Waals surface area (Å²) in [6.07, 6.45) is 0. The van der Waals surface area contributed by atoms with E-state index in [0.717, 1.165) is 36.7 Å². The highest BCUT2D eigenvalue weighted by molar-refractivity contribution is 5.92. The normalized spacial score (nSPS) is 17.2. The molecule has 5 heteroatoms. The quantitative estimate of drug-likeness (QED) is 0.908. The third-order valence-corrected chi connectivity index (χ3v) is 4.24. The average molecular weight is 340 g/mol. The molecule has 1 atom stereocenters. The van der Waals surface area contributed by atoms with E-state index in [1.54, 1.807) is 0 Å². The zero-order valence-corrected chi connectivity index (χ0v) is 14.7. The minimum atomic E-state index is -0.173. The van der Waals surface area contributed by atoms with Crippen molar-refractivity contribution in [3.05, 3.63) is 54.1 Å². The summed E-state index contributed by atoms with van der Waals surface area (Å²) in [5.41, 5.74) is 3.07. The van der Waals surface area contributed by atoms with Crippen molar-refractivity contribution in [1.82, 2.24) is 0 Å². The molecule has 1 amide bonds. The van der Waals surface area contributed by atoms with Gasteiger partial charge in [-0.2, -0.15) is 0 Å². The van der Waals surface area contributed by atoms with E-state index in [9.17, 15) is 4.79 Å². The molecule has 0 saturated carbocycles. The third-order valence-electron chi connectivity index (χ3n) is 4.24. The zero-order chi connectivity index (χ0) is 17.6. The molecule has 1 unspecified atom stereocenters. The smallest absolute Gasteiger partial charge is 0.262 e. The number of anilines is 2. The summed E-state index contributed by atoms with van der Waals surface area (Å²) in [7, 11) is 0. The Morgan fingerprint density at radius 2 is 1.92 bits per heavy atom. The molecular formula is C20H24N2O3. The maximum atomic E-state index is 12.0. The van der Waals surface area contributed by atoms with Gasteiger partial charge in [-0.15, -0.1) is 0 Å². The van der Waals surface area contributed by atoms with Crippen molar-refractivity contribution in [3.63, 3.8) is 0 Å². The van der Waals surface area contributed by atoms with E-state index in [1.165, 1.54) is 0 Å². The Hall–Kier alpha value is -2.53. The minimum absolute atomic E-state index is 0.00862. The number of amides is 1. The van der Waals surface area contributed by atoms with Crippen LogP contribution in [-0.2, 0) is 9.53 Å². The Labute approximate surface area is 148 Å². The molecule has 0 spiro atoms. The Morgan fingerprint density at radius 1 is 1.20 bits per heavy atom. The summed E-state index contributed by atoms with van der Waals surface area (Å²) in [6, 6.07) is 15.9. The fourth-order valence-electron chi connectivity index (χ4n) is 2.83. The van der Waals surface area contributed by atoms with E-state index in [0.29, 0.717) is 11.8 Å². The molecule has 3 rings (SSSR count). The van der Waals surface area contributed by atoms with Gasteiger partial charge in [0.05, 0.1) is 13.2 Å². The lowest BCUT2D eigenvalue weighted by molar-refractivity contribution is -0.118. The van der Waals surface area contributed by atoms with Crippen LogP contribution in [0.2, 0.25) is 0 Å². The number of benzene rings is 2. The van der Waals surface area contributed by atoms with Gasteiger partial charge in [0.2, 0.25) is 0 Å². The van der Waals surface area contributed by atoms with Gasteiger partial charge < -0.3 is 19.7 Å². The SMILES string of the molecule is Cc1ccc(OCC(=O)Nc2ccc(N3CCOCC3C)cc2)cc1. The Balaban J connectivity index is 1.52. The lowest BCUT2D eigenvalue weighted by atomic mass is 10.2. The van der Waals surface area contributed by atoms with Crippen molar-refractivity contribution in [3.8, 4) is 5.75 Å². The molecule has 0 bridgehead atoms. The number of hydrogen-bond acceptors (Lipinski definition) is 4. The van der Waals surface area contributed by atoms with E-state index in [1.807, 2.05) is 55.5 Å². The number of aryl methyl sites for hydroxylation is 1. The molecule has 0 aromatic heterocycles. The molecule has 1 aliphatic rings. The molecule has 132 valence electrons. The molecule has 1 fully saturated rings. The minimum Gasteiger partial charge on any atom is -0.484 e. The molecule has 1 N–H and O–H groups in total. The first-order valence-electron chi connectivity index (χ1n) is 8.55. The highest BCUT2D eigenvalue weighted by Gasteiger charge is 2.18. The number of rotatable bonds is 5. The van der Waals surface area contributed by atoms with Crippen LogP contribution in [0.1, 0.15) is 12.5 Å². The van der Waals surface area contributed by atoms with Gasteiger partial charge in [0.15, 0.2) is 6.61 Å². The molecule has 25 heavy (non-hydrogen) atoms. The number of nitrogens with zero attached hydrogens (tertiary/aromatic N) is 1. The van der Waals surface area contributed by atoms with Crippen molar-refractivity contribution in [1.29, 1.82) is 0 Å². The monoisotopic (exact) mass is 340 g/mol. The molecule has 0 radical (unpaired) electrons. The molecular weight excluding hydrogens is 316 g/mol. The molecule has 0 aliphatic carbocycles. The summed E-state index contributed by atoms with van der Waals surface area (Å²) in [6.45, 7) is 6.53. The van der Waals surface area contributed by atoms with Gasteiger partial charge in [0, 0.05) is 24.0 Å². The highest BCUT2D eigenvalue weighted by atomic mass is 16.5. The van der Waals surface area contributed by atoms with Crippen LogP contribution in [-0.4, -0.2) is 38.3 Å². The third kappa shape index (κ3) is 4.73. The van der Waals surface area contributed by atoms with Crippen LogP contribution in [0.4, 0.5) is 11.4 Å². The number of ether oxygens (including phenoxy) is 2. The number of nitrogens with one attached hydrogen (secondary N) is 1. The van der Waals surface area contributed by atoms with Gasteiger partial charge in [-0.25, -0.2) is 0 Å². The Kier molecular flexibility index (Phi) is 5.56. The first-order chi connectivity index (χ1) is 12.1. The predicted molar refractivity (Wildman–Crippen MR) is 99.4 cm³/mol. The van der Waals surface area contributed by atoms with E-state index < -0.39 is 0 Å². The largest absolute Gasteiger partial charge is 0.484 e. The zero-order valence-electron chi connectivity index (χ0n) is 14.7. The van der Waals surface area contributed by atoms with Gasteiger partial charge >= 0.3 is 0 Å². The Morgan fingerprint density at radius 3 is 2.60 bits per heavy atom. The molecule has 5 nitrogen and oxygen atoms in total. The summed E-state index contributed by atoms with van der Waals surface area (Å²) >= 11 is 0. The standard InChI is InChI=1S/C20H24N2O3/c1-15-3-9-19(10-4-15)25-14-20(23)21-17-5-7-18(8-6-17)22-11-12-24-13-16(22)2/h3-10,16H,11-14H2,1-2H3,(H,21,23). The second kappa shape index (κ2) is 8.03.